The van der Waals surface area contributed by atoms with Crippen LogP contribution in [0.5, 0.6) is 0 Å². The molecule has 0 spiro atoms. The highest BCUT2D eigenvalue weighted by atomic mass is 32.1. The largest absolute Gasteiger partial charge is 0.271 e. The van der Waals surface area contributed by atoms with Gasteiger partial charge in [-0.3, -0.25) is 4.79 Å². The molecule has 2 aromatic rings. The first-order valence-electron chi connectivity index (χ1n) is 6.44. The highest BCUT2D eigenvalue weighted by Crippen LogP contribution is 2.22. The van der Waals surface area contributed by atoms with Crippen molar-refractivity contribution >= 4 is 23.5 Å². The SMILES string of the molecule is CC(C)(C)c1ccc(C(=O)NN=Cc2cccs2)cc1. The number of nitrogens with one attached hydrogen (secondary N) is 1. The van der Waals surface area contributed by atoms with Crippen LogP contribution in [0.2, 0.25) is 0 Å². The van der Waals surface area contributed by atoms with Gasteiger partial charge in [0.1, 0.15) is 0 Å². The number of amides is 1. The molecule has 2 rings (SSSR count). The Balaban J connectivity index is 1.99. The lowest BCUT2D eigenvalue weighted by Gasteiger charge is -2.18. The number of benzene rings is 1. The molecule has 1 N–H and O–H groups in total. The van der Waals surface area contributed by atoms with Gasteiger partial charge in [-0.15, -0.1) is 11.3 Å². The molecule has 0 radical (unpaired) electrons. The number of hydrogen-bond acceptors (Lipinski definition) is 3. The average Bonchev–Trinajstić information content (AvgIpc) is 2.91. The van der Waals surface area contributed by atoms with Crippen LogP contribution in [0.25, 0.3) is 0 Å². The fourth-order valence-electron chi connectivity index (χ4n) is 1.71. The molecule has 1 aromatic heterocycles. The summed E-state index contributed by atoms with van der Waals surface area (Å²) in [4.78, 5) is 12.9. The number of hydrogen-bond donors (Lipinski definition) is 1. The Morgan fingerprint density at radius 1 is 1.20 bits per heavy atom. The molecule has 0 aliphatic rings. The number of hydrazone groups is 1. The maximum atomic E-state index is 11.9. The van der Waals surface area contributed by atoms with Gasteiger partial charge in [-0.05, 0) is 34.6 Å². The normalized spacial score (nSPS) is 11.8. The number of carbonyl (C=O) groups excluding carboxylic acids is 1. The topological polar surface area (TPSA) is 41.5 Å². The summed E-state index contributed by atoms with van der Waals surface area (Å²) in [6, 6.07) is 11.5. The number of carbonyl (C=O) groups is 1. The second-order valence-electron chi connectivity index (χ2n) is 5.54. The van der Waals surface area contributed by atoms with Crippen molar-refractivity contribution in [1.29, 1.82) is 0 Å². The van der Waals surface area contributed by atoms with Crippen LogP contribution in [0.15, 0.2) is 46.9 Å². The summed E-state index contributed by atoms with van der Waals surface area (Å²) >= 11 is 1.57. The molecule has 1 heterocycles. The van der Waals surface area contributed by atoms with Crippen molar-refractivity contribution in [1.82, 2.24) is 5.43 Å². The zero-order valence-electron chi connectivity index (χ0n) is 11.9. The van der Waals surface area contributed by atoms with Crippen LogP contribution in [0.1, 0.15) is 41.6 Å². The van der Waals surface area contributed by atoms with E-state index in [0.717, 1.165) is 4.88 Å². The predicted molar refractivity (Wildman–Crippen MR) is 84.5 cm³/mol. The van der Waals surface area contributed by atoms with E-state index in [0.29, 0.717) is 5.56 Å². The summed E-state index contributed by atoms with van der Waals surface area (Å²) in [5.74, 6) is -0.196. The minimum absolute atomic E-state index is 0.0896. The first kappa shape index (κ1) is 14.5. The highest BCUT2D eigenvalue weighted by Gasteiger charge is 2.13. The Labute approximate surface area is 123 Å². The zero-order chi connectivity index (χ0) is 14.6. The quantitative estimate of drug-likeness (QED) is 0.676. The smallest absolute Gasteiger partial charge is 0.267 e. The van der Waals surface area contributed by atoms with Gasteiger partial charge < -0.3 is 0 Å². The molecule has 0 unspecified atom stereocenters. The molecule has 4 heteroatoms. The van der Waals surface area contributed by atoms with Crippen LogP contribution in [-0.2, 0) is 5.41 Å². The first-order chi connectivity index (χ1) is 9.47. The van der Waals surface area contributed by atoms with Crippen LogP contribution >= 0.6 is 11.3 Å². The van der Waals surface area contributed by atoms with Crippen molar-refractivity contribution in [3.63, 3.8) is 0 Å². The van der Waals surface area contributed by atoms with Gasteiger partial charge in [0.05, 0.1) is 6.21 Å². The van der Waals surface area contributed by atoms with E-state index in [1.54, 1.807) is 17.6 Å². The highest BCUT2D eigenvalue weighted by molar-refractivity contribution is 7.11. The maximum absolute atomic E-state index is 11.9. The Hall–Kier alpha value is -1.94. The molecule has 0 fully saturated rings. The third-order valence-corrected chi connectivity index (χ3v) is 3.72. The third-order valence-electron chi connectivity index (χ3n) is 2.91. The van der Waals surface area contributed by atoms with Crippen LogP contribution in [-0.4, -0.2) is 12.1 Å². The van der Waals surface area contributed by atoms with Gasteiger partial charge in [0.15, 0.2) is 0 Å². The van der Waals surface area contributed by atoms with Crippen LogP contribution in [0.4, 0.5) is 0 Å². The summed E-state index contributed by atoms with van der Waals surface area (Å²) in [7, 11) is 0. The number of rotatable bonds is 3. The second-order valence-corrected chi connectivity index (χ2v) is 6.52. The summed E-state index contributed by atoms with van der Waals surface area (Å²) in [5, 5.41) is 5.91. The van der Waals surface area contributed by atoms with Gasteiger partial charge >= 0.3 is 0 Å². The van der Waals surface area contributed by atoms with Crippen molar-refractivity contribution in [3.8, 4) is 0 Å². The van der Waals surface area contributed by atoms with Gasteiger partial charge in [0.2, 0.25) is 0 Å². The van der Waals surface area contributed by atoms with Crippen LogP contribution in [0.3, 0.4) is 0 Å². The second kappa shape index (κ2) is 6.01. The molecule has 0 saturated heterocycles. The lowest BCUT2D eigenvalue weighted by atomic mass is 9.87. The van der Waals surface area contributed by atoms with E-state index >= 15 is 0 Å². The van der Waals surface area contributed by atoms with Gasteiger partial charge in [0, 0.05) is 10.4 Å². The fourth-order valence-corrected chi connectivity index (χ4v) is 2.29. The molecule has 0 aliphatic carbocycles. The van der Waals surface area contributed by atoms with Gasteiger partial charge in [0.25, 0.3) is 5.91 Å². The van der Waals surface area contributed by atoms with E-state index in [1.165, 1.54) is 5.56 Å². The molecular weight excluding hydrogens is 268 g/mol. The monoisotopic (exact) mass is 286 g/mol. The lowest BCUT2D eigenvalue weighted by Crippen LogP contribution is -2.18. The summed E-state index contributed by atoms with van der Waals surface area (Å²) in [6.45, 7) is 6.44. The summed E-state index contributed by atoms with van der Waals surface area (Å²) in [5.41, 5.74) is 4.44. The molecule has 1 aromatic carbocycles. The standard InChI is InChI=1S/C16H18N2OS/c1-16(2,3)13-8-6-12(7-9-13)15(19)18-17-11-14-5-4-10-20-14/h4-11H,1-3H3,(H,18,19). The number of nitrogens with zero attached hydrogens (tertiary/aromatic N) is 1. The van der Waals surface area contributed by atoms with E-state index in [-0.39, 0.29) is 11.3 Å². The first-order valence-corrected chi connectivity index (χ1v) is 7.32. The average molecular weight is 286 g/mol. The zero-order valence-corrected chi connectivity index (χ0v) is 12.7. The predicted octanol–water partition coefficient (Wildman–Crippen LogP) is 3.81. The van der Waals surface area contributed by atoms with Crippen molar-refractivity contribution in [2.75, 3.05) is 0 Å². The van der Waals surface area contributed by atoms with Crippen molar-refractivity contribution in [2.24, 2.45) is 5.10 Å². The van der Waals surface area contributed by atoms with Crippen molar-refractivity contribution in [3.05, 3.63) is 57.8 Å². The maximum Gasteiger partial charge on any atom is 0.271 e. The van der Waals surface area contributed by atoms with E-state index < -0.39 is 0 Å². The summed E-state index contributed by atoms with van der Waals surface area (Å²) in [6.07, 6.45) is 1.64. The van der Waals surface area contributed by atoms with Gasteiger partial charge in [-0.1, -0.05) is 39.0 Å². The Kier molecular flexibility index (Phi) is 4.35. The minimum atomic E-state index is -0.196. The summed E-state index contributed by atoms with van der Waals surface area (Å²) < 4.78 is 0. The van der Waals surface area contributed by atoms with E-state index in [1.807, 2.05) is 41.8 Å². The molecule has 1 amide bonds. The fraction of sp³-hybridized carbons (Fsp3) is 0.250. The van der Waals surface area contributed by atoms with Crippen molar-refractivity contribution in [2.45, 2.75) is 26.2 Å². The van der Waals surface area contributed by atoms with E-state index in [4.69, 9.17) is 0 Å². The van der Waals surface area contributed by atoms with Gasteiger partial charge in [-0.2, -0.15) is 5.10 Å². The molecule has 0 aliphatic heterocycles. The van der Waals surface area contributed by atoms with E-state index in [9.17, 15) is 4.79 Å². The Bertz CT molecular complexity index is 592. The molecule has 0 atom stereocenters. The van der Waals surface area contributed by atoms with Gasteiger partial charge in [-0.25, -0.2) is 5.43 Å². The van der Waals surface area contributed by atoms with Crippen LogP contribution < -0.4 is 5.43 Å². The molecule has 0 saturated carbocycles. The lowest BCUT2D eigenvalue weighted by molar-refractivity contribution is 0.0955. The Morgan fingerprint density at radius 3 is 2.45 bits per heavy atom. The molecule has 3 nitrogen and oxygen atoms in total. The molecule has 20 heavy (non-hydrogen) atoms. The van der Waals surface area contributed by atoms with Crippen molar-refractivity contribution < 1.29 is 4.79 Å². The van der Waals surface area contributed by atoms with E-state index in [2.05, 4.69) is 31.3 Å². The minimum Gasteiger partial charge on any atom is -0.267 e. The molecule has 104 valence electrons. The third kappa shape index (κ3) is 3.78. The molecule has 0 bridgehead atoms. The number of thiophene rings is 1. The van der Waals surface area contributed by atoms with Crippen LogP contribution in [0, 0.1) is 0 Å². The Morgan fingerprint density at radius 2 is 1.90 bits per heavy atom. The molecular formula is C16H18N2OS.